The Morgan fingerprint density at radius 1 is 0.684 bits per heavy atom. The second-order valence-corrected chi connectivity index (χ2v) is 5.25. The predicted molar refractivity (Wildman–Crippen MR) is 84.8 cm³/mol. The van der Waals surface area contributed by atoms with Crippen LogP contribution in [0.15, 0.2) is 0 Å². The molecule has 0 aromatic carbocycles. The molecule has 19 heavy (non-hydrogen) atoms. The SMILES string of the molecule is CCC(CC)NCCCOCCCNC(CC)CC. The first-order chi connectivity index (χ1) is 9.28. The third-order valence-electron chi connectivity index (χ3n) is 3.77. The summed E-state index contributed by atoms with van der Waals surface area (Å²) in [6.07, 6.45) is 7.13. The summed E-state index contributed by atoms with van der Waals surface area (Å²) in [5.74, 6) is 0. The average molecular weight is 272 g/mol. The molecule has 0 fully saturated rings. The van der Waals surface area contributed by atoms with Crippen molar-refractivity contribution in [1.29, 1.82) is 0 Å². The molecule has 116 valence electrons. The first-order valence-corrected chi connectivity index (χ1v) is 8.32. The molecule has 0 aromatic rings. The van der Waals surface area contributed by atoms with Crippen molar-refractivity contribution in [2.75, 3.05) is 26.3 Å². The number of hydrogen-bond donors (Lipinski definition) is 2. The molecule has 0 aliphatic carbocycles. The Hall–Kier alpha value is -0.120. The Morgan fingerprint density at radius 3 is 1.37 bits per heavy atom. The molecule has 2 N–H and O–H groups in total. The van der Waals surface area contributed by atoms with Gasteiger partial charge < -0.3 is 15.4 Å². The van der Waals surface area contributed by atoms with Crippen LogP contribution in [-0.4, -0.2) is 38.4 Å². The van der Waals surface area contributed by atoms with Crippen molar-refractivity contribution in [2.45, 2.75) is 78.3 Å². The highest BCUT2D eigenvalue weighted by molar-refractivity contribution is 4.62. The van der Waals surface area contributed by atoms with E-state index in [0.717, 1.165) is 39.1 Å². The lowest BCUT2D eigenvalue weighted by molar-refractivity contribution is 0.127. The summed E-state index contributed by atoms with van der Waals surface area (Å²) in [6.45, 7) is 12.9. The Kier molecular flexibility index (Phi) is 14.2. The molecule has 3 heteroatoms. The molecule has 0 rings (SSSR count). The van der Waals surface area contributed by atoms with E-state index in [1.807, 2.05) is 0 Å². The molecular weight excluding hydrogens is 236 g/mol. The number of nitrogens with one attached hydrogen (secondary N) is 2. The summed E-state index contributed by atoms with van der Waals surface area (Å²) >= 11 is 0. The van der Waals surface area contributed by atoms with Gasteiger partial charge in [-0.2, -0.15) is 0 Å². The fourth-order valence-electron chi connectivity index (χ4n) is 2.22. The van der Waals surface area contributed by atoms with E-state index < -0.39 is 0 Å². The van der Waals surface area contributed by atoms with Crippen LogP contribution < -0.4 is 10.6 Å². The Morgan fingerprint density at radius 2 is 1.05 bits per heavy atom. The lowest BCUT2D eigenvalue weighted by Gasteiger charge is -2.15. The Labute approximate surface area is 120 Å². The van der Waals surface area contributed by atoms with Gasteiger partial charge >= 0.3 is 0 Å². The fraction of sp³-hybridized carbons (Fsp3) is 1.00. The van der Waals surface area contributed by atoms with E-state index in [1.54, 1.807) is 0 Å². The molecule has 0 aliphatic heterocycles. The van der Waals surface area contributed by atoms with Crippen molar-refractivity contribution in [1.82, 2.24) is 10.6 Å². The van der Waals surface area contributed by atoms with Crippen LogP contribution in [0.25, 0.3) is 0 Å². The van der Waals surface area contributed by atoms with Gasteiger partial charge in [0.2, 0.25) is 0 Å². The van der Waals surface area contributed by atoms with Crippen molar-refractivity contribution in [3.8, 4) is 0 Å². The van der Waals surface area contributed by atoms with Crippen molar-refractivity contribution < 1.29 is 4.74 Å². The van der Waals surface area contributed by atoms with Crippen molar-refractivity contribution in [2.24, 2.45) is 0 Å². The van der Waals surface area contributed by atoms with E-state index in [9.17, 15) is 0 Å². The molecule has 0 amide bonds. The Bertz CT molecular complexity index is 150. The topological polar surface area (TPSA) is 33.3 Å². The number of hydrogen-bond acceptors (Lipinski definition) is 3. The lowest BCUT2D eigenvalue weighted by Crippen LogP contribution is -2.29. The molecule has 0 aliphatic rings. The smallest absolute Gasteiger partial charge is 0.0478 e. The summed E-state index contributed by atoms with van der Waals surface area (Å²) in [4.78, 5) is 0. The lowest BCUT2D eigenvalue weighted by atomic mass is 10.2. The van der Waals surface area contributed by atoms with Gasteiger partial charge in [-0.1, -0.05) is 27.7 Å². The van der Waals surface area contributed by atoms with Gasteiger partial charge in [-0.3, -0.25) is 0 Å². The van der Waals surface area contributed by atoms with Gasteiger partial charge in [0.15, 0.2) is 0 Å². The zero-order valence-corrected chi connectivity index (χ0v) is 13.6. The molecule has 0 aromatic heterocycles. The van der Waals surface area contributed by atoms with Gasteiger partial charge in [0, 0.05) is 25.3 Å². The van der Waals surface area contributed by atoms with Crippen LogP contribution in [-0.2, 0) is 4.74 Å². The summed E-state index contributed by atoms with van der Waals surface area (Å²) in [5.41, 5.74) is 0. The molecule has 0 saturated carbocycles. The highest BCUT2D eigenvalue weighted by Crippen LogP contribution is 1.97. The molecule has 0 spiro atoms. The van der Waals surface area contributed by atoms with Gasteiger partial charge in [-0.25, -0.2) is 0 Å². The zero-order valence-electron chi connectivity index (χ0n) is 13.6. The maximum absolute atomic E-state index is 5.65. The minimum Gasteiger partial charge on any atom is -0.381 e. The van der Waals surface area contributed by atoms with Crippen molar-refractivity contribution in [3.63, 3.8) is 0 Å². The number of rotatable bonds is 14. The Balaban J connectivity index is 3.19. The van der Waals surface area contributed by atoms with Gasteiger partial charge in [-0.05, 0) is 51.6 Å². The highest BCUT2D eigenvalue weighted by Gasteiger charge is 2.01. The molecule has 0 saturated heterocycles. The first-order valence-electron chi connectivity index (χ1n) is 8.32. The number of ether oxygens (including phenoxy) is 1. The summed E-state index contributed by atoms with van der Waals surface area (Å²) < 4.78 is 5.65. The third-order valence-corrected chi connectivity index (χ3v) is 3.77. The van der Waals surface area contributed by atoms with Crippen LogP contribution in [0.3, 0.4) is 0 Å². The van der Waals surface area contributed by atoms with E-state index in [2.05, 4.69) is 38.3 Å². The van der Waals surface area contributed by atoms with Crippen LogP contribution in [0.5, 0.6) is 0 Å². The molecular formula is C16H36N2O. The zero-order chi connectivity index (χ0) is 14.3. The third kappa shape index (κ3) is 11.4. The second kappa shape index (κ2) is 14.3. The van der Waals surface area contributed by atoms with Crippen molar-refractivity contribution in [3.05, 3.63) is 0 Å². The van der Waals surface area contributed by atoms with E-state index in [4.69, 9.17) is 4.74 Å². The normalized spacial score (nSPS) is 11.7. The standard InChI is InChI=1S/C16H36N2O/c1-5-15(6-2)17-11-9-13-19-14-10-12-18-16(7-3)8-4/h15-18H,5-14H2,1-4H3. The summed E-state index contributed by atoms with van der Waals surface area (Å²) in [5, 5.41) is 7.12. The summed E-state index contributed by atoms with van der Waals surface area (Å²) in [6, 6.07) is 1.37. The van der Waals surface area contributed by atoms with Crippen molar-refractivity contribution >= 4 is 0 Å². The van der Waals surface area contributed by atoms with Crippen LogP contribution >= 0.6 is 0 Å². The molecule has 0 unspecified atom stereocenters. The minimum atomic E-state index is 0.684. The molecule has 0 heterocycles. The molecule has 0 radical (unpaired) electrons. The van der Waals surface area contributed by atoms with Crippen LogP contribution in [0.1, 0.15) is 66.2 Å². The average Bonchev–Trinajstić information content (AvgIpc) is 2.45. The molecule has 0 bridgehead atoms. The van der Waals surface area contributed by atoms with Crippen LogP contribution in [0.4, 0.5) is 0 Å². The maximum Gasteiger partial charge on any atom is 0.0478 e. The van der Waals surface area contributed by atoms with Crippen LogP contribution in [0.2, 0.25) is 0 Å². The quantitative estimate of drug-likeness (QED) is 0.476. The van der Waals surface area contributed by atoms with Gasteiger partial charge in [0.25, 0.3) is 0 Å². The molecule has 0 atom stereocenters. The van der Waals surface area contributed by atoms with Crippen LogP contribution in [0, 0.1) is 0 Å². The van der Waals surface area contributed by atoms with Gasteiger partial charge in [0.1, 0.15) is 0 Å². The summed E-state index contributed by atoms with van der Waals surface area (Å²) in [7, 11) is 0. The van der Waals surface area contributed by atoms with E-state index in [1.165, 1.54) is 25.7 Å². The highest BCUT2D eigenvalue weighted by atomic mass is 16.5. The maximum atomic E-state index is 5.65. The fourth-order valence-corrected chi connectivity index (χ4v) is 2.22. The second-order valence-electron chi connectivity index (χ2n) is 5.25. The van der Waals surface area contributed by atoms with Gasteiger partial charge in [-0.15, -0.1) is 0 Å². The predicted octanol–water partition coefficient (Wildman–Crippen LogP) is 3.34. The van der Waals surface area contributed by atoms with E-state index in [0.29, 0.717) is 12.1 Å². The first kappa shape index (κ1) is 18.9. The monoisotopic (exact) mass is 272 g/mol. The van der Waals surface area contributed by atoms with E-state index >= 15 is 0 Å². The van der Waals surface area contributed by atoms with E-state index in [-0.39, 0.29) is 0 Å². The minimum absolute atomic E-state index is 0.684. The van der Waals surface area contributed by atoms with Gasteiger partial charge in [0.05, 0.1) is 0 Å². The molecule has 3 nitrogen and oxygen atoms in total. The largest absolute Gasteiger partial charge is 0.381 e.